The molecule has 17 heavy (non-hydrogen) atoms. The van der Waals surface area contributed by atoms with Crippen molar-refractivity contribution in [2.24, 2.45) is 0 Å². The normalized spacial score (nSPS) is 9.29. The van der Waals surface area contributed by atoms with Crippen LogP contribution in [0.15, 0.2) is 24.3 Å². The van der Waals surface area contributed by atoms with Gasteiger partial charge in [-0.15, -0.1) is 0 Å². The van der Waals surface area contributed by atoms with Crippen molar-refractivity contribution in [3.8, 4) is 0 Å². The number of nitrogens with one attached hydrogen (secondary N) is 3. The molecule has 0 saturated carbocycles. The molecule has 0 fully saturated rings. The Labute approximate surface area is 105 Å². The van der Waals surface area contributed by atoms with Gasteiger partial charge >= 0.3 is 0 Å². The van der Waals surface area contributed by atoms with E-state index >= 15 is 0 Å². The first-order chi connectivity index (χ1) is 7.99. The molecule has 0 aromatic heterocycles. The van der Waals surface area contributed by atoms with Gasteiger partial charge in [-0.05, 0) is 31.3 Å². The molecule has 90 valence electrons. The molecule has 0 spiro atoms. The van der Waals surface area contributed by atoms with Crippen LogP contribution in [0.3, 0.4) is 0 Å². The lowest BCUT2D eigenvalue weighted by Crippen LogP contribution is -2.47. The van der Waals surface area contributed by atoms with Gasteiger partial charge in [0.1, 0.15) is 0 Å². The molecule has 0 aliphatic heterocycles. The third-order valence-electron chi connectivity index (χ3n) is 1.86. The lowest BCUT2D eigenvalue weighted by molar-refractivity contribution is -0.117. The van der Waals surface area contributed by atoms with Gasteiger partial charge in [0.05, 0.1) is 0 Å². The summed E-state index contributed by atoms with van der Waals surface area (Å²) in [5, 5.41) is 2.38. The number of carbonyl (C=O) groups is 2. The Morgan fingerprint density at radius 3 is 2.53 bits per heavy atom. The van der Waals surface area contributed by atoms with Crippen LogP contribution < -0.4 is 16.2 Å². The molecule has 0 aliphatic rings. The Hall–Kier alpha value is -1.95. The van der Waals surface area contributed by atoms with E-state index in [4.69, 9.17) is 12.2 Å². The number of aryl methyl sites for hydroxylation is 1. The number of rotatable bonds is 1. The Morgan fingerprint density at radius 2 is 1.94 bits per heavy atom. The van der Waals surface area contributed by atoms with Gasteiger partial charge in [0, 0.05) is 12.5 Å². The highest BCUT2D eigenvalue weighted by atomic mass is 32.1. The molecule has 0 atom stereocenters. The van der Waals surface area contributed by atoms with Crippen LogP contribution in [-0.4, -0.2) is 16.9 Å². The summed E-state index contributed by atoms with van der Waals surface area (Å²) < 4.78 is 0. The van der Waals surface area contributed by atoms with Crippen LogP contribution in [0.2, 0.25) is 0 Å². The van der Waals surface area contributed by atoms with Crippen LogP contribution in [0.1, 0.15) is 22.8 Å². The molecule has 1 aromatic rings. The van der Waals surface area contributed by atoms with Crippen molar-refractivity contribution in [3.05, 3.63) is 35.4 Å². The van der Waals surface area contributed by atoms with Gasteiger partial charge in [0.2, 0.25) is 5.91 Å². The standard InChI is InChI=1S/C11H13N3O2S/c1-7-4-3-5-9(6-7)10(16)13-14-11(17)12-8(2)15/h3-6H,1-2H3,(H,13,16)(H2,12,14,15,17). The number of carbonyl (C=O) groups excluding carboxylic acids is 2. The molecule has 6 heteroatoms. The Morgan fingerprint density at radius 1 is 1.24 bits per heavy atom. The lowest BCUT2D eigenvalue weighted by Gasteiger charge is -2.09. The monoisotopic (exact) mass is 251 g/mol. The summed E-state index contributed by atoms with van der Waals surface area (Å²) in [6.45, 7) is 3.22. The molecule has 0 bridgehead atoms. The summed E-state index contributed by atoms with van der Waals surface area (Å²) in [5.41, 5.74) is 6.32. The van der Waals surface area contributed by atoms with Gasteiger partial charge in [-0.1, -0.05) is 17.7 Å². The molecule has 0 heterocycles. The summed E-state index contributed by atoms with van der Waals surface area (Å²) in [4.78, 5) is 22.3. The quantitative estimate of drug-likeness (QED) is 0.506. The molecule has 1 rings (SSSR count). The summed E-state index contributed by atoms with van der Waals surface area (Å²) in [6, 6.07) is 7.12. The van der Waals surface area contributed by atoms with Gasteiger partial charge in [-0.3, -0.25) is 20.4 Å². The lowest BCUT2D eigenvalue weighted by atomic mass is 10.1. The van der Waals surface area contributed by atoms with Crippen LogP contribution in [0, 0.1) is 6.92 Å². The van der Waals surface area contributed by atoms with E-state index in [9.17, 15) is 9.59 Å². The fourth-order valence-corrected chi connectivity index (χ4v) is 1.36. The summed E-state index contributed by atoms with van der Waals surface area (Å²) in [6.07, 6.45) is 0. The molecule has 3 N–H and O–H groups in total. The second-order valence-corrected chi connectivity index (χ2v) is 3.87. The smallest absolute Gasteiger partial charge is 0.269 e. The molecule has 2 amide bonds. The third kappa shape index (κ3) is 4.60. The van der Waals surface area contributed by atoms with E-state index in [0.29, 0.717) is 5.56 Å². The maximum Gasteiger partial charge on any atom is 0.269 e. The number of amides is 2. The fourth-order valence-electron chi connectivity index (χ4n) is 1.16. The predicted molar refractivity (Wildman–Crippen MR) is 68.2 cm³/mol. The van der Waals surface area contributed by atoms with E-state index in [-0.39, 0.29) is 16.9 Å². The van der Waals surface area contributed by atoms with E-state index in [2.05, 4.69) is 16.2 Å². The number of thiocarbonyl (C=S) groups is 1. The van der Waals surface area contributed by atoms with E-state index in [1.165, 1.54) is 6.92 Å². The number of hydrogen-bond acceptors (Lipinski definition) is 3. The Bertz CT molecular complexity index is 460. The first-order valence-electron chi connectivity index (χ1n) is 4.93. The van der Waals surface area contributed by atoms with Crippen molar-refractivity contribution in [1.82, 2.24) is 16.2 Å². The molecular weight excluding hydrogens is 238 g/mol. The van der Waals surface area contributed by atoms with E-state index in [1.807, 2.05) is 13.0 Å². The highest BCUT2D eigenvalue weighted by molar-refractivity contribution is 7.80. The van der Waals surface area contributed by atoms with Crippen LogP contribution >= 0.6 is 12.2 Å². The van der Waals surface area contributed by atoms with Crippen LogP contribution in [0.4, 0.5) is 0 Å². The van der Waals surface area contributed by atoms with Crippen molar-refractivity contribution in [2.45, 2.75) is 13.8 Å². The molecule has 1 aromatic carbocycles. The van der Waals surface area contributed by atoms with Crippen molar-refractivity contribution in [2.75, 3.05) is 0 Å². The van der Waals surface area contributed by atoms with E-state index < -0.39 is 0 Å². The first kappa shape index (κ1) is 13.1. The van der Waals surface area contributed by atoms with Crippen molar-refractivity contribution < 1.29 is 9.59 Å². The minimum absolute atomic E-state index is 0.0542. The number of benzene rings is 1. The Kier molecular flexibility index (Phi) is 4.59. The highest BCUT2D eigenvalue weighted by Gasteiger charge is 2.05. The minimum atomic E-state index is -0.318. The topological polar surface area (TPSA) is 70.2 Å². The van der Waals surface area contributed by atoms with E-state index in [0.717, 1.165) is 5.56 Å². The van der Waals surface area contributed by atoms with Gasteiger partial charge in [-0.2, -0.15) is 0 Å². The molecule has 0 unspecified atom stereocenters. The maximum absolute atomic E-state index is 11.6. The number of hydrazine groups is 1. The number of hydrogen-bond donors (Lipinski definition) is 3. The van der Waals surface area contributed by atoms with Crippen molar-refractivity contribution in [1.29, 1.82) is 0 Å². The maximum atomic E-state index is 11.6. The largest absolute Gasteiger partial charge is 0.302 e. The van der Waals surface area contributed by atoms with Crippen molar-refractivity contribution in [3.63, 3.8) is 0 Å². The fraction of sp³-hybridized carbons (Fsp3) is 0.182. The van der Waals surface area contributed by atoms with Gasteiger partial charge < -0.3 is 5.32 Å². The zero-order valence-electron chi connectivity index (χ0n) is 9.53. The average Bonchev–Trinajstić information content (AvgIpc) is 2.25. The predicted octanol–water partition coefficient (Wildman–Crippen LogP) is 0.650. The summed E-state index contributed by atoms with van der Waals surface area (Å²) >= 11 is 4.77. The summed E-state index contributed by atoms with van der Waals surface area (Å²) in [7, 11) is 0. The van der Waals surface area contributed by atoms with Gasteiger partial charge in [-0.25, -0.2) is 0 Å². The average molecular weight is 251 g/mol. The minimum Gasteiger partial charge on any atom is -0.302 e. The van der Waals surface area contributed by atoms with Crippen LogP contribution in [0.5, 0.6) is 0 Å². The summed E-state index contributed by atoms with van der Waals surface area (Å²) in [5.74, 6) is -0.617. The molecular formula is C11H13N3O2S. The molecule has 5 nitrogen and oxygen atoms in total. The van der Waals surface area contributed by atoms with E-state index in [1.54, 1.807) is 18.2 Å². The highest BCUT2D eigenvalue weighted by Crippen LogP contribution is 2.02. The molecule has 0 saturated heterocycles. The first-order valence-corrected chi connectivity index (χ1v) is 5.34. The van der Waals surface area contributed by atoms with Gasteiger partial charge in [0.25, 0.3) is 5.91 Å². The van der Waals surface area contributed by atoms with Crippen LogP contribution in [0.25, 0.3) is 0 Å². The zero-order valence-corrected chi connectivity index (χ0v) is 10.4. The zero-order chi connectivity index (χ0) is 12.8. The Balaban J connectivity index is 2.50. The third-order valence-corrected chi connectivity index (χ3v) is 2.06. The van der Waals surface area contributed by atoms with Crippen molar-refractivity contribution >= 4 is 29.1 Å². The second-order valence-electron chi connectivity index (χ2n) is 3.46. The van der Waals surface area contributed by atoms with Crippen LogP contribution in [-0.2, 0) is 4.79 Å². The SMILES string of the molecule is CC(=O)NC(=S)NNC(=O)c1cccc(C)c1. The second kappa shape index (κ2) is 5.95. The van der Waals surface area contributed by atoms with Gasteiger partial charge in [0.15, 0.2) is 5.11 Å². The molecule has 0 radical (unpaired) electrons. The molecule has 0 aliphatic carbocycles.